The van der Waals surface area contributed by atoms with Crippen LogP contribution in [0, 0.1) is 17.7 Å². The van der Waals surface area contributed by atoms with Crippen LogP contribution in [0.3, 0.4) is 0 Å². The minimum absolute atomic E-state index is 0.0868. The summed E-state index contributed by atoms with van der Waals surface area (Å²) in [5.74, 6) is 0.974. The number of aliphatic hydroxyl groups excluding tert-OH is 2. The summed E-state index contributed by atoms with van der Waals surface area (Å²) >= 11 is 0. The van der Waals surface area contributed by atoms with Crippen molar-refractivity contribution in [1.29, 1.82) is 0 Å². The van der Waals surface area contributed by atoms with Crippen LogP contribution in [0.1, 0.15) is 49.3 Å². The first-order valence-corrected chi connectivity index (χ1v) is 17.1. The number of hydrogen-bond donors (Lipinski definition) is 3. The van der Waals surface area contributed by atoms with Crippen LogP contribution in [0.15, 0.2) is 48.5 Å². The van der Waals surface area contributed by atoms with E-state index in [-0.39, 0.29) is 12.2 Å². The number of carboxylic acid groups (broad SMARTS) is 1. The standard InChI is InChI=1S/C31H36FNO5Si/c1-39(2,3)38-23-11-13-24-28(16-23)33-31(27-17-26(27)18-4-5-18)25(30(24)19-6-8-20(32)9-7-19)12-10-21(34)14-22(35)15-29(36)37/h6-13,16,18,21-22,26-27,34-35H,4-5,14-15,17H2,1-3H3,(H,36,37). The Hall–Kier alpha value is -3.07. The Balaban J connectivity index is 1.63. The Bertz CT molecular complexity index is 1400. The molecule has 2 saturated carbocycles. The second-order valence-corrected chi connectivity index (χ2v) is 16.4. The summed E-state index contributed by atoms with van der Waals surface area (Å²) < 4.78 is 20.2. The zero-order valence-electron chi connectivity index (χ0n) is 22.6. The van der Waals surface area contributed by atoms with Gasteiger partial charge >= 0.3 is 5.97 Å². The molecule has 3 N–H and O–H groups in total. The lowest BCUT2D eigenvalue weighted by molar-refractivity contribution is -0.139. The lowest BCUT2D eigenvalue weighted by atomic mass is 9.91. The molecule has 2 aliphatic carbocycles. The Morgan fingerprint density at radius 2 is 1.87 bits per heavy atom. The number of rotatable bonds is 11. The van der Waals surface area contributed by atoms with Gasteiger partial charge in [-0.2, -0.15) is 0 Å². The number of fused-ring (bicyclic) bond motifs is 1. The Morgan fingerprint density at radius 3 is 2.51 bits per heavy atom. The molecule has 0 radical (unpaired) electrons. The number of pyridine rings is 1. The molecule has 39 heavy (non-hydrogen) atoms. The number of halogens is 1. The SMILES string of the molecule is C[Si](C)(C)Oc1ccc2c(-c3ccc(F)cc3)c(C=CC(O)CC(O)CC(=O)O)c(C3CC3C3CC3)nc2c1. The van der Waals surface area contributed by atoms with E-state index in [1.54, 1.807) is 18.2 Å². The number of aliphatic carboxylic acids is 1. The number of nitrogens with zero attached hydrogens (tertiary/aromatic N) is 1. The Labute approximate surface area is 229 Å². The molecule has 4 unspecified atom stereocenters. The summed E-state index contributed by atoms with van der Waals surface area (Å²) in [7, 11) is -1.84. The van der Waals surface area contributed by atoms with Crippen molar-refractivity contribution in [3.05, 3.63) is 65.6 Å². The van der Waals surface area contributed by atoms with Crippen LogP contribution < -0.4 is 4.43 Å². The second kappa shape index (κ2) is 10.8. The zero-order valence-corrected chi connectivity index (χ0v) is 23.6. The number of benzene rings is 2. The third-order valence-electron chi connectivity index (χ3n) is 7.41. The van der Waals surface area contributed by atoms with Crippen molar-refractivity contribution >= 4 is 31.3 Å². The van der Waals surface area contributed by atoms with Gasteiger partial charge in [0.05, 0.1) is 29.8 Å². The molecule has 0 spiro atoms. The quantitative estimate of drug-likeness (QED) is 0.241. The third kappa shape index (κ3) is 6.75. The summed E-state index contributed by atoms with van der Waals surface area (Å²) in [6.07, 6.45) is 4.30. The van der Waals surface area contributed by atoms with Gasteiger partial charge in [0, 0.05) is 34.9 Å². The normalized spacial score (nSPS) is 20.8. The molecule has 0 bridgehead atoms. The molecule has 0 saturated heterocycles. The minimum Gasteiger partial charge on any atom is -0.544 e. The first-order chi connectivity index (χ1) is 18.5. The topological polar surface area (TPSA) is 99.9 Å². The maximum atomic E-state index is 13.9. The molecule has 2 aliphatic rings. The number of carbonyl (C=O) groups is 1. The molecule has 206 valence electrons. The van der Waals surface area contributed by atoms with E-state index in [1.807, 2.05) is 24.3 Å². The number of aliphatic hydroxyl groups is 2. The van der Waals surface area contributed by atoms with Crippen LogP contribution >= 0.6 is 0 Å². The van der Waals surface area contributed by atoms with Crippen molar-refractivity contribution < 1.29 is 28.9 Å². The smallest absolute Gasteiger partial charge is 0.305 e. The number of hydrogen-bond acceptors (Lipinski definition) is 5. The first kappa shape index (κ1) is 27.5. The van der Waals surface area contributed by atoms with E-state index in [2.05, 4.69) is 19.6 Å². The van der Waals surface area contributed by atoms with Gasteiger partial charge in [0.25, 0.3) is 0 Å². The molecule has 4 atom stereocenters. The van der Waals surface area contributed by atoms with E-state index in [4.69, 9.17) is 14.5 Å². The van der Waals surface area contributed by atoms with Gasteiger partial charge in [-0.3, -0.25) is 9.78 Å². The van der Waals surface area contributed by atoms with Crippen molar-refractivity contribution in [2.45, 2.75) is 69.9 Å². The predicted molar refractivity (Wildman–Crippen MR) is 153 cm³/mol. The largest absolute Gasteiger partial charge is 0.544 e. The van der Waals surface area contributed by atoms with E-state index in [0.29, 0.717) is 11.8 Å². The molecule has 0 aliphatic heterocycles. The Morgan fingerprint density at radius 1 is 1.15 bits per heavy atom. The van der Waals surface area contributed by atoms with Crippen LogP contribution in [0.5, 0.6) is 5.75 Å². The summed E-state index contributed by atoms with van der Waals surface area (Å²) in [4.78, 5) is 16.1. The lowest BCUT2D eigenvalue weighted by Gasteiger charge is -2.21. The highest BCUT2D eigenvalue weighted by Gasteiger charge is 2.49. The van der Waals surface area contributed by atoms with Gasteiger partial charge < -0.3 is 19.7 Å². The molecule has 6 nitrogen and oxygen atoms in total. The molecular weight excluding hydrogens is 513 g/mol. The van der Waals surface area contributed by atoms with Crippen molar-refractivity contribution in [1.82, 2.24) is 4.98 Å². The fourth-order valence-electron chi connectivity index (χ4n) is 5.50. The highest BCUT2D eigenvalue weighted by molar-refractivity contribution is 6.70. The van der Waals surface area contributed by atoms with Gasteiger partial charge in [0.2, 0.25) is 8.32 Å². The van der Waals surface area contributed by atoms with Gasteiger partial charge in [0.15, 0.2) is 0 Å². The molecular formula is C31H36FNO5Si. The van der Waals surface area contributed by atoms with E-state index >= 15 is 0 Å². The van der Waals surface area contributed by atoms with Gasteiger partial charge in [-0.1, -0.05) is 24.3 Å². The van der Waals surface area contributed by atoms with Gasteiger partial charge in [0.1, 0.15) is 11.6 Å². The number of aromatic nitrogens is 1. The average molecular weight is 550 g/mol. The van der Waals surface area contributed by atoms with E-state index < -0.39 is 32.9 Å². The molecule has 2 aromatic carbocycles. The van der Waals surface area contributed by atoms with Crippen molar-refractivity contribution in [3.63, 3.8) is 0 Å². The fourth-order valence-corrected chi connectivity index (χ4v) is 6.33. The first-order valence-electron chi connectivity index (χ1n) is 13.7. The fraction of sp³-hybridized carbons (Fsp3) is 0.419. The summed E-state index contributed by atoms with van der Waals surface area (Å²) in [6, 6.07) is 12.3. The summed E-state index contributed by atoms with van der Waals surface area (Å²) in [5, 5.41) is 30.5. The number of carboxylic acids is 1. The summed E-state index contributed by atoms with van der Waals surface area (Å²) in [6.45, 7) is 6.41. The predicted octanol–water partition coefficient (Wildman–Crippen LogP) is 6.37. The molecule has 8 heteroatoms. The van der Waals surface area contributed by atoms with E-state index in [0.717, 1.165) is 51.4 Å². The second-order valence-electron chi connectivity index (χ2n) is 11.9. The van der Waals surface area contributed by atoms with Crippen molar-refractivity contribution in [2.75, 3.05) is 0 Å². The van der Waals surface area contributed by atoms with E-state index in [1.165, 1.54) is 25.0 Å². The van der Waals surface area contributed by atoms with Gasteiger partial charge in [-0.05, 0) is 80.6 Å². The molecule has 3 aromatic rings. The molecule has 1 heterocycles. The highest BCUT2D eigenvalue weighted by Crippen LogP contribution is 2.60. The molecule has 2 fully saturated rings. The minimum atomic E-state index is -1.84. The maximum Gasteiger partial charge on any atom is 0.305 e. The van der Waals surface area contributed by atoms with Gasteiger partial charge in [-0.15, -0.1) is 0 Å². The third-order valence-corrected chi connectivity index (χ3v) is 8.26. The van der Waals surface area contributed by atoms with Gasteiger partial charge in [-0.25, -0.2) is 4.39 Å². The van der Waals surface area contributed by atoms with Crippen molar-refractivity contribution in [2.24, 2.45) is 11.8 Å². The Kier molecular flexibility index (Phi) is 7.63. The zero-order chi connectivity index (χ0) is 27.9. The monoisotopic (exact) mass is 549 g/mol. The van der Waals surface area contributed by atoms with Crippen molar-refractivity contribution in [3.8, 4) is 16.9 Å². The van der Waals surface area contributed by atoms with Crippen LogP contribution in [-0.4, -0.2) is 46.8 Å². The van der Waals surface area contributed by atoms with Crippen LogP contribution in [0.4, 0.5) is 4.39 Å². The van der Waals surface area contributed by atoms with Crippen LogP contribution in [0.2, 0.25) is 19.6 Å². The van der Waals surface area contributed by atoms with Crippen LogP contribution in [0.25, 0.3) is 28.1 Å². The lowest BCUT2D eigenvalue weighted by Crippen LogP contribution is -2.29. The highest BCUT2D eigenvalue weighted by atomic mass is 28.4. The summed E-state index contributed by atoms with van der Waals surface area (Å²) in [5.41, 5.74) is 4.39. The van der Waals surface area contributed by atoms with Crippen LogP contribution in [-0.2, 0) is 4.79 Å². The average Bonchev–Trinajstić information content (AvgIpc) is 3.74. The van der Waals surface area contributed by atoms with E-state index in [9.17, 15) is 19.4 Å². The maximum absolute atomic E-state index is 13.9. The molecule has 5 rings (SSSR count). The molecule has 1 aromatic heterocycles. The molecule has 0 amide bonds.